The first-order valence-electron chi connectivity index (χ1n) is 6.77. The van der Waals surface area contributed by atoms with Crippen molar-refractivity contribution in [1.82, 2.24) is 10.2 Å². The molecule has 0 saturated carbocycles. The van der Waals surface area contributed by atoms with Crippen LogP contribution in [0.2, 0.25) is 0 Å². The number of nitrogens with one attached hydrogen (secondary N) is 1. The zero-order chi connectivity index (χ0) is 11.4. The van der Waals surface area contributed by atoms with Gasteiger partial charge in [0, 0.05) is 19.6 Å². The van der Waals surface area contributed by atoms with Crippen LogP contribution in [-0.4, -0.2) is 37.0 Å². The fraction of sp³-hybridized carbons (Fsp3) is 0.923. The molecule has 1 amide bonds. The number of nitrogens with zero attached hydrogens (tertiary/aromatic N) is 1. The van der Waals surface area contributed by atoms with Crippen molar-refractivity contribution in [2.24, 2.45) is 11.8 Å². The van der Waals surface area contributed by atoms with Crippen LogP contribution in [0, 0.1) is 11.8 Å². The Bertz CT molecular complexity index is 242. The Labute approximate surface area is 111 Å². The van der Waals surface area contributed by atoms with Gasteiger partial charge >= 0.3 is 0 Å². The monoisotopic (exact) mass is 260 g/mol. The number of piperidine rings is 1. The summed E-state index contributed by atoms with van der Waals surface area (Å²) in [7, 11) is 0. The van der Waals surface area contributed by atoms with Crippen LogP contribution in [0.15, 0.2) is 0 Å². The molecule has 4 heteroatoms. The van der Waals surface area contributed by atoms with Gasteiger partial charge in [0.2, 0.25) is 5.91 Å². The summed E-state index contributed by atoms with van der Waals surface area (Å²) in [5.41, 5.74) is 0. The Morgan fingerprint density at radius 1 is 1.18 bits per heavy atom. The van der Waals surface area contributed by atoms with Crippen molar-refractivity contribution in [1.29, 1.82) is 0 Å². The average molecular weight is 261 g/mol. The van der Waals surface area contributed by atoms with Gasteiger partial charge in [-0.3, -0.25) is 4.79 Å². The minimum absolute atomic E-state index is 0. The van der Waals surface area contributed by atoms with Crippen LogP contribution >= 0.6 is 12.4 Å². The highest BCUT2D eigenvalue weighted by molar-refractivity contribution is 5.85. The Balaban J connectivity index is 0.00000144. The Kier molecular flexibility index (Phi) is 6.28. The van der Waals surface area contributed by atoms with Crippen molar-refractivity contribution in [2.75, 3.05) is 26.2 Å². The van der Waals surface area contributed by atoms with Gasteiger partial charge < -0.3 is 10.2 Å². The number of carbonyl (C=O) groups excluding carboxylic acids is 1. The predicted octanol–water partition coefficient (Wildman–Crippen LogP) is 2.06. The van der Waals surface area contributed by atoms with E-state index in [0.29, 0.717) is 5.91 Å². The van der Waals surface area contributed by atoms with Gasteiger partial charge in [0.1, 0.15) is 0 Å². The molecule has 2 rings (SSSR count). The molecule has 2 unspecified atom stereocenters. The third kappa shape index (κ3) is 4.14. The summed E-state index contributed by atoms with van der Waals surface area (Å²) in [6.45, 7) is 6.25. The lowest BCUT2D eigenvalue weighted by atomic mass is 9.98. The second-order valence-electron chi connectivity index (χ2n) is 5.40. The summed E-state index contributed by atoms with van der Waals surface area (Å²) in [6.07, 6.45) is 5.89. The first kappa shape index (κ1) is 14.8. The molecule has 2 aliphatic heterocycles. The van der Waals surface area contributed by atoms with Gasteiger partial charge in [0.25, 0.3) is 0 Å². The Hall–Kier alpha value is -0.280. The van der Waals surface area contributed by atoms with E-state index in [1.165, 1.54) is 19.3 Å². The summed E-state index contributed by atoms with van der Waals surface area (Å²) in [5.74, 6) is 1.45. The number of hydrogen-bond donors (Lipinski definition) is 1. The normalized spacial score (nSPS) is 30.3. The average Bonchev–Trinajstić information content (AvgIpc) is 2.54. The third-order valence-electron chi connectivity index (χ3n) is 3.97. The van der Waals surface area contributed by atoms with Crippen molar-refractivity contribution < 1.29 is 4.79 Å². The lowest BCUT2D eigenvalue weighted by molar-refractivity contribution is -0.136. The lowest BCUT2D eigenvalue weighted by Crippen LogP contribution is -2.43. The molecule has 1 N–H and O–H groups in total. The van der Waals surface area contributed by atoms with E-state index >= 15 is 0 Å². The van der Waals surface area contributed by atoms with E-state index in [2.05, 4.69) is 17.1 Å². The SMILES string of the molecule is CC1CCCN(C(=O)C2CCCNC2)CC1.Cl. The maximum atomic E-state index is 12.3. The molecule has 2 atom stereocenters. The van der Waals surface area contributed by atoms with Crippen molar-refractivity contribution in [2.45, 2.75) is 39.0 Å². The van der Waals surface area contributed by atoms with Gasteiger partial charge in [-0.2, -0.15) is 0 Å². The Morgan fingerprint density at radius 2 is 2.00 bits per heavy atom. The van der Waals surface area contributed by atoms with Crippen molar-refractivity contribution in [3.8, 4) is 0 Å². The lowest BCUT2D eigenvalue weighted by Gasteiger charge is -2.28. The van der Waals surface area contributed by atoms with Crippen LogP contribution in [-0.2, 0) is 4.79 Å². The summed E-state index contributed by atoms with van der Waals surface area (Å²) in [5, 5.41) is 3.33. The summed E-state index contributed by atoms with van der Waals surface area (Å²) in [6, 6.07) is 0. The van der Waals surface area contributed by atoms with E-state index in [1.54, 1.807) is 0 Å². The van der Waals surface area contributed by atoms with E-state index in [-0.39, 0.29) is 18.3 Å². The molecule has 0 spiro atoms. The van der Waals surface area contributed by atoms with Crippen LogP contribution in [0.3, 0.4) is 0 Å². The zero-order valence-electron chi connectivity index (χ0n) is 10.8. The highest BCUT2D eigenvalue weighted by atomic mass is 35.5. The molecular weight excluding hydrogens is 236 g/mol. The van der Waals surface area contributed by atoms with Crippen LogP contribution in [0.4, 0.5) is 0 Å². The number of carbonyl (C=O) groups is 1. The first-order chi connectivity index (χ1) is 7.77. The van der Waals surface area contributed by atoms with E-state index in [0.717, 1.165) is 44.9 Å². The van der Waals surface area contributed by atoms with Crippen LogP contribution < -0.4 is 5.32 Å². The first-order valence-corrected chi connectivity index (χ1v) is 6.77. The zero-order valence-corrected chi connectivity index (χ0v) is 11.6. The smallest absolute Gasteiger partial charge is 0.226 e. The highest BCUT2D eigenvalue weighted by Gasteiger charge is 2.26. The molecule has 0 radical (unpaired) electrons. The Morgan fingerprint density at radius 3 is 2.71 bits per heavy atom. The van der Waals surface area contributed by atoms with Gasteiger partial charge in [-0.15, -0.1) is 12.4 Å². The highest BCUT2D eigenvalue weighted by Crippen LogP contribution is 2.20. The van der Waals surface area contributed by atoms with Crippen molar-refractivity contribution >= 4 is 18.3 Å². The summed E-state index contributed by atoms with van der Waals surface area (Å²) in [4.78, 5) is 14.4. The van der Waals surface area contributed by atoms with Gasteiger partial charge in [-0.05, 0) is 44.6 Å². The van der Waals surface area contributed by atoms with E-state index in [4.69, 9.17) is 0 Å². The molecular formula is C13H25ClN2O. The van der Waals surface area contributed by atoms with E-state index in [9.17, 15) is 4.79 Å². The molecule has 0 aromatic carbocycles. The molecule has 17 heavy (non-hydrogen) atoms. The molecule has 2 heterocycles. The molecule has 100 valence electrons. The third-order valence-corrected chi connectivity index (χ3v) is 3.97. The standard InChI is InChI=1S/C13H24N2O.ClH/c1-11-4-3-8-15(9-6-11)13(16)12-5-2-7-14-10-12;/h11-12,14H,2-10H2,1H3;1H. The maximum Gasteiger partial charge on any atom is 0.226 e. The molecule has 3 nitrogen and oxygen atoms in total. The molecule has 0 aliphatic carbocycles. The molecule has 0 aromatic rings. The van der Waals surface area contributed by atoms with E-state index < -0.39 is 0 Å². The summed E-state index contributed by atoms with van der Waals surface area (Å²) >= 11 is 0. The van der Waals surface area contributed by atoms with Crippen molar-refractivity contribution in [3.63, 3.8) is 0 Å². The maximum absolute atomic E-state index is 12.3. The number of rotatable bonds is 1. The van der Waals surface area contributed by atoms with Crippen LogP contribution in [0.25, 0.3) is 0 Å². The molecule has 2 aliphatic rings. The largest absolute Gasteiger partial charge is 0.342 e. The van der Waals surface area contributed by atoms with Gasteiger partial charge in [0.05, 0.1) is 5.92 Å². The summed E-state index contributed by atoms with van der Waals surface area (Å²) < 4.78 is 0. The second kappa shape index (κ2) is 7.22. The number of amides is 1. The second-order valence-corrected chi connectivity index (χ2v) is 5.40. The van der Waals surface area contributed by atoms with Crippen LogP contribution in [0.1, 0.15) is 39.0 Å². The molecule has 2 fully saturated rings. The molecule has 0 aromatic heterocycles. The quantitative estimate of drug-likeness (QED) is 0.783. The minimum atomic E-state index is 0. The predicted molar refractivity (Wildman–Crippen MR) is 72.4 cm³/mol. The van der Waals surface area contributed by atoms with Gasteiger partial charge in [-0.1, -0.05) is 6.92 Å². The fourth-order valence-electron chi connectivity index (χ4n) is 2.80. The molecule has 0 bridgehead atoms. The minimum Gasteiger partial charge on any atom is -0.342 e. The van der Waals surface area contributed by atoms with Gasteiger partial charge in [0.15, 0.2) is 0 Å². The number of hydrogen-bond acceptors (Lipinski definition) is 2. The fourth-order valence-corrected chi connectivity index (χ4v) is 2.80. The number of likely N-dealkylation sites (tertiary alicyclic amines) is 1. The van der Waals surface area contributed by atoms with E-state index in [1.807, 2.05) is 0 Å². The van der Waals surface area contributed by atoms with Gasteiger partial charge in [-0.25, -0.2) is 0 Å². The van der Waals surface area contributed by atoms with Crippen LogP contribution in [0.5, 0.6) is 0 Å². The van der Waals surface area contributed by atoms with Crippen molar-refractivity contribution in [3.05, 3.63) is 0 Å². The topological polar surface area (TPSA) is 32.3 Å². The molecule has 2 saturated heterocycles. The number of halogens is 1.